The van der Waals surface area contributed by atoms with Gasteiger partial charge in [0.2, 0.25) is 0 Å². The first-order valence-electron chi connectivity index (χ1n) is 8.17. The first-order valence-corrected chi connectivity index (χ1v) is 8.17. The highest BCUT2D eigenvalue weighted by Crippen LogP contribution is 2.33. The SMILES string of the molecule is CCOC(=O)CCN(c1ccccc1-n1nccn1)C1CCC1. The van der Waals surface area contributed by atoms with Gasteiger partial charge in [-0.25, -0.2) is 0 Å². The van der Waals surface area contributed by atoms with E-state index in [-0.39, 0.29) is 5.97 Å². The van der Waals surface area contributed by atoms with Gasteiger partial charge >= 0.3 is 5.97 Å². The first kappa shape index (κ1) is 15.5. The van der Waals surface area contributed by atoms with Gasteiger partial charge in [0.25, 0.3) is 0 Å². The van der Waals surface area contributed by atoms with E-state index in [0.717, 1.165) is 24.2 Å². The smallest absolute Gasteiger partial charge is 0.307 e. The monoisotopic (exact) mass is 314 g/mol. The third-order valence-electron chi connectivity index (χ3n) is 4.20. The van der Waals surface area contributed by atoms with E-state index in [1.165, 1.54) is 6.42 Å². The summed E-state index contributed by atoms with van der Waals surface area (Å²) in [6.45, 7) is 2.91. The number of aromatic nitrogens is 3. The Kier molecular flexibility index (Phi) is 4.90. The molecule has 0 spiro atoms. The third kappa shape index (κ3) is 3.52. The molecule has 6 heteroatoms. The molecule has 122 valence electrons. The summed E-state index contributed by atoms with van der Waals surface area (Å²) < 4.78 is 5.07. The maximum Gasteiger partial charge on any atom is 0.307 e. The summed E-state index contributed by atoms with van der Waals surface area (Å²) in [4.78, 5) is 15.7. The van der Waals surface area contributed by atoms with E-state index in [2.05, 4.69) is 21.2 Å². The van der Waals surface area contributed by atoms with Gasteiger partial charge in [0.05, 0.1) is 31.1 Å². The average molecular weight is 314 g/mol. The molecule has 0 atom stereocenters. The number of esters is 1. The molecule has 1 aliphatic rings. The quantitative estimate of drug-likeness (QED) is 0.735. The molecule has 1 aliphatic carbocycles. The predicted molar refractivity (Wildman–Crippen MR) is 87.6 cm³/mol. The van der Waals surface area contributed by atoms with E-state index in [1.54, 1.807) is 17.2 Å². The molecular formula is C17H22N4O2. The fourth-order valence-corrected chi connectivity index (χ4v) is 2.86. The van der Waals surface area contributed by atoms with Crippen molar-refractivity contribution in [2.24, 2.45) is 0 Å². The summed E-state index contributed by atoms with van der Waals surface area (Å²) in [6, 6.07) is 8.54. The summed E-state index contributed by atoms with van der Waals surface area (Å²) in [7, 11) is 0. The summed E-state index contributed by atoms with van der Waals surface area (Å²) in [5.74, 6) is -0.147. The van der Waals surface area contributed by atoms with Crippen LogP contribution in [0.1, 0.15) is 32.6 Å². The minimum atomic E-state index is -0.147. The number of carbonyl (C=O) groups excluding carboxylic acids is 1. The van der Waals surface area contributed by atoms with Gasteiger partial charge in [0, 0.05) is 12.6 Å². The lowest BCUT2D eigenvalue weighted by Crippen LogP contribution is -2.42. The number of rotatable bonds is 7. The zero-order valence-electron chi connectivity index (χ0n) is 13.4. The molecule has 0 N–H and O–H groups in total. The van der Waals surface area contributed by atoms with Crippen LogP contribution in [0, 0.1) is 0 Å². The molecule has 1 heterocycles. The van der Waals surface area contributed by atoms with Crippen molar-refractivity contribution >= 4 is 11.7 Å². The second-order valence-electron chi connectivity index (χ2n) is 5.64. The van der Waals surface area contributed by atoms with Crippen molar-refractivity contribution in [3.63, 3.8) is 0 Å². The summed E-state index contributed by atoms with van der Waals surface area (Å²) >= 11 is 0. The number of ether oxygens (including phenoxy) is 1. The van der Waals surface area contributed by atoms with Crippen LogP contribution in [0.15, 0.2) is 36.7 Å². The topological polar surface area (TPSA) is 60.2 Å². The maximum atomic E-state index is 11.7. The van der Waals surface area contributed by atoms with E-state index < -0.39 is 0 Å². The van der Waals surface area contributed by atoms with E-state index in [4.69, 9.17) is 4.74 Å². The minimum absolute atomic E-state index is 0.147. The van der Waals surface area contributed by atoms with E-state index in [0.29, 0.717) is 25.6 Å². The number of benzene rings is 1. The molecular weight excluding hydrogens is 292 g/mol. The summed E-state index contributed by atoms with van der Waals surface area (Å²) in [5, 5.41) is 8.49. The highest BCUT2D eigenvalue weighted by Gasteiger charge is 2.27. The Morgan fingerprint density at radius 3 is 2.70 bits per heavy atom. The van der Waals surface area contributed by atoms with Gasteiger partial charge in [0.1, 0.15) is 5.69 Å². The second kappa shape index (κ2) is 7.26. The average Bonchev–Trinajstić information content (AvgIpc) is 3.04. The first-order chi connectivity index (χ1) is 11.3. The van der Waals surface area contributed by atoms with Gasteiger partial charge in [-0.05, 0) is 38.3 Å². The number of para-hydroxylation sites is 2. The maximum absolute atomic E-state index is 11.7. The van der Waals surface area contributed by atoms with Gasteiger partial charge in [-0.3, -0.25) is 4.79 Å². The number of hydrogen-bond acceptors (Lipinski definition) is 5. The van der Waals surface area contributed by atoms with Crippen LogP contribution in [-0.4, -0.2) is 40.2 Å². The highest BCUT2D eigenvalue weighted by molar-refractivity contribution is 5.71. The molecule has 0 aliphatic heterocycles. The Labute approximate surface area is 136 Å². The molecule has 0 saturated heterocycles. The van der Waals surface area contributed by atoms with Crippen molar-refractivity contribution in [2.45, 2.75) is 38.6 Å². The molecule has 23 heavy (non-hydrogen) atoms. The molecule has 6 nitrogen and oxygen atoms in total. The van der Waals surface area contributed by atoms with Crippen molar-refractivity contribution in [3.8, 4) is 5.69 Å². The summed E-state index contributed by atoms with van der Waals surface area (Å²) in [5.41, 5.74) is 2.01. The van der Waals surface area contributed by atoms with Gasteiger partial charge in [-0.15, -0.1) is 4.80 Å². The van der Waals surface area contributed by atoms with E-state index in [1.807, 2.05) is 25.1 Å². The molecule has 2 aromatic rings. The van der Waals surface area contributed by atoms with Crippen LogP contribution in [0.2, 0.25) is 0 Å². The number of nitrogens with zero attached hydrogens (tertiary/aromatic N) is 4. The molecule has 1 aromatic carbocycles. The van der Waals surface area contributed by atoms with Crippen molar-refractivity contribution < 1.29 is 9.53 Å². The third-order valence-corrected chi connectivity index (χ3v) is 4.20. The predicted octanol–water partition coefficient (Wildman–Crippen LogP) is 2.58. The fourth-order valence-electron chi connectivity index (χ4n) is 2.86. The van der Waals surface area contributed by atoms with Gasteiger partial charge in [-0.2, -0.15) is 10.2 Å². The van der Waals surface area contributed by atoms with Crippen LogP contribution in [0.5, 0.6) is 0 Å². The Bertz CT molecular complexity index is 638. The Morgan fingerprint density at radius 1 is 1.30 bits per heavy atom. The van der Waals surface area contributed by atoms with Crippen LogP contribution in [0.4, 0.5) is 5.69 Å². The lowest BCUT2D eigenvalue weighted by atomic mass is 9.90. The molecule has 1 saturated carbocycles. The highest BCUT2D eigenvalue weighted by atomic mass is 16.5. The lowest BCUT2D eigenvalue weighted by Gasteiger charge is -2.39. The van der Waals surface area contributed by atoms with Gasteiger partial charge in [0.15, 0.2) is 0 Å². The van der Waals surface area contributed by atoms with Crippen LogP contribution in [0.3, 0.4) is 0 Å². The zero-order valence-corrected chi connectivity index (χ0v) is 13.4. The van der Waals surface area contributed by atoms with Crippen molar-refractivity contribution in [3.05, 3.63) is 36.7 Å². The number of hydrogen-bond donors (Lipinski definition) is 0. The van der Waals surface area contributed by atoms with E-state index in [9.17, 15) is 4.79 Å². The normalized spacial score (nSPS) is 14.3. The number of anilines is 1. The molecule has 0 bridgehead atoms. The van der Waals surface area contributed by atoms with Crippen LogP contribution < -0.4 is 4.90 Å². The largest absolute Gasteiger partial charge is 0.466 e. The lowest BCUT2D eigenvalue weighted by molar-refractivity contribution is -0.142. The fraction of sp³-hybridized carbons (Fsp3) is 0.471. The second-order valence-corrected chi connectivity index (χ2v) is 5.64. The van der Waals surface area contributed by atoms with Crippen molar-refractivity contribution in [2.75, 3.05) is 18.1 Å². The molecule has 0 unspecified atom stereocenters. The van der Waals surface area contributed by atoms with Crippen LogP contribution >= 0.6 is 0 Å². The van der Waals surface area contributed by atoms with Crippen LogP contribution in [-0.2, 0) is 9.53 Å². The Hall–Kier alpha value is -2.37. The molecule has 1 fully saturated rings. The minimum Gasteiger partial charge on any atom is -0.466 e. The Balaban J connectivity index is 1.84. The molecule has 0 radical (unpaired) electrons. The summed E-state index contributed by atoms with van der Waals surface area (Å²) in [6.07, 6.45) is 7.29. The van der Waals surface area contributed by atoms with E-state index >= 15 is 0 Å². The zero-order chi connectivity index (χ0) is 16.1. The molecule has 1 aromatic heterocycles. The molecule has 3 rings (SSSR count). The van der Waals surface area contributed by atoms with Crippen molar-refractivity contribution in [1.29, 1.82) is 0 Å². The number of carbonyl (C=O) groups is 1. The van der Waals surface area contributed by atoms with Gasteiger partial charge in [-0.1, -0.05) is 12.1 Å². The van der Waals surface area contributed by atoms with Gasteiger partial charge < -0.3 is 9.64 Å². The van der Waals surface area contributed by atoms with Crippen LogP contribution in [0.25, 0.3) is 5.69 Å². The Morgan fingerprint density at radius 2 is 2.04 bits per heavy atom. The van der Waals surface area contributed by atoms with Crippen molar-refractivity contribution in [1.82, 2.24) is 15.0 Å². The standard InChI is InChI=1S/C17H22N4O2/c1-2-23-17(22)10-13-20(14-6-5-7-14)15-8-3-4-9-16(15)21-18-11-12-19-21/h3-4,8-9,11-12,14H,2,5-7,10,13H2,1H3. The molecule has 0 amide bonds.